The maximum atomic E-state index is 11.9. The van der Waals surface area contributed by atoms with Crippen molar-refractivity contribution in [1.82, 2.24) is 9.55 Å². The summed E-state index contributed by atoms with van der Waals surface area (Å²) >= 11 is 11.7. The number of carbonyl (C=O) groups excluding carboxylic acids is 1. The molecule has 0 aliphatic heterocycles. The molecule has 0 atom stereocenters. The zero-order chi connectivity index (χ0) is 13.9. The first-order chi connectivity index (χ1) is 8.26. The Kier molecular flexibility index (Phi) is 5.01. The first kappa shape index (κ1) is 15.3. The minimum atomic E-state index is -0.613. The molecule has 0 saturated heterocycles. The summed E-state index contributed by atoms with van der Waals surface area (Å²) in [6, 6.07) is 0. The molecule has 7 heteroatoms. The highest BCUT2D eigenvalue weighted by molar-refractivity contribution is 6.40. The molecule has 1 aromatic heterocycles. The first-order valence-corrected chi connectivity index (χ1v) is 6.24. The van der Waals surface area contributed by atoms with Crippen LogP contribution in [0.25, 0.3) is 0 Å². The third-order valence-electron chi connectivity index (χ3n) is 1.87. The van der Waals surface area contributed by atoms with Gasteiger partial charge in [0.2, 0.25) is 5.82 Å². The van der Waals surface area contributed by atoms with E-state index in [0.29, 0.717) is 6.61 Å². The third-order valence-corrected chi connectivity index (χ3v) is 2.62. The lowest BCUT2D eigenvalue weighted by Gasteiger charge is -2.19. The van der Waals surface area contributed by atoms with Gasteiger partial charge in [-0.3, -0.25) is 4.57 Å². The summed E-state index contributed by atoms with van der Waals surface area (Å²) in [4.78, 5) is 15.8. The molecule has 1 aromatic rings. The summed E-state index contributed by atoms with van der Waals surface area (Å²) < 4.78 is 11.8. The number of carbonyl (C=O) groups is 1. The van der Waals surface area contributed by atoms with Crippen LogP contribution in [0.2, 0.25) is 10.3 Å². The predicted molar refractivity (Wildman–Crippen MR) is 69.0 cm³/mol. The number of hydrogen-bond donors (Lipinski definition) is 0. The van der Waals surface area contributed by atoms with Crippen LogP contribution in [0.15, 0.2) is 0 Å². The van der Waals surface area contributed by atoms with Gasteiger partial charge < -0.3 is 9.47 Å². The van der Waals surface area contributed by atoms with Crippen molar-refractivity contribution in [2.45, 2.75) is 40.0 Å². The Labute approximate surface area is 116 Å². The molecule has 0 saturated carbocycles. The van der Waals surface area contributed by atoms with Crippen LogP contribution in [-0.4, -0.2) is 27.7 Å². The summed E-state index contributed by atoms with van der Waals surface area (Å²) in [5.74, 6) is -0.552. The number of ether oxygens (including phenoxy) is 2. The molecule has 0 radical (unpaired) electrons. The number of rotatable bonds is 4. The van der Waals surface area contributed by atoms with Gasteiger partial charge in [-0.05, 0) is 27.7 Å². The Balaban J connectivity index is 3.00. The van der Waals surface area contributed by atoms with Gasteiger partial charge in [0.15, 0.2) is 5.15 Å². The van der Waals surface area contributed by atoms with Crippen LogP contribution in [0.3, 0.4) is 0 Å². The second kappa shape index (κ2) is 5.91. The SMILES string of the molecule is CCOCn1c(C(=O)OC(C)(C)C)nc(Cl)c1Cl. The van der Waals surface area contributed by atoms with Gasteiger partial charge in [-0.2, -0.15) is 0 Å². The molecule has 0 aliphatic carbocycles. The Morgan fingerprint density at radius 1 is 1.39 bits per heavy atom. The first-order valence-electron chi connectivity index (χ1n) is 5.49. The van der Waals surface area contributed by atoms with Gasteiger partial charge in [-0.25, -0.2) is 9.78 Å². The van der Waals surface area contributed by atoms with Crippen LogP contribution in [0, 0.1) is 0 Å². The van der Waals surface area contributed by atoms with Crippen LogP contribution in [0.4, 0.5) is 0 Å². The second-order valence-corrected chi connectivity index (χ2v) is 5.28. The predicted octanol–water partition coefficient (Wildman–Crippen LogP) is 3.14. The molecule has 1 rings (SSSR count). The monoisotopic (exact) mass is 294 g/mol. The average Bonchev–Trinajstić information content (AvgIpc) is 2.51. The van der Waals surface area contributed by atoms with Crippen molar-refractivity contribution in [2.75, 3.05) is 6.61 Å². The van der Waals surface area contributed by atoms with E-state index in [1.54, 1.807) is 20.8 Å². The summed E-state index contributed by atoms with van der Waals surface area (Å²) in [6.45, 7) is 7.72. The van der Waals surface area contributed by atoms with E-state index in [-0.39, 0.29) is 22.9 Å². The van der Waals surface area contributed by atoms with E-state index in [1.165, 1.54) is 4.57 Å². The lowest BCUT2D eigenvalue weighted by atomic mass is 10.2. The molecule has 0 aliphatic rings. The number of esters is 1. The highest BCUT2D eigenvalue weighted by atomic mass is 35.5. The van der Waals surface area contributed by atoms with Crippen LogP contribution in [-0.2, 0) is 16.2 Å². The van der Waals surface area contributed by atoms with E-state index in [1.807, 2.05) is 6.92 Å². The molecule has 1 heterocycles. The van der Waals surface area contributed by atoms with Crippen molar-refractivity contribution in [1.29, 1.82) is 0 Å². The summed E-state index contributed by atoms with van der Waals surface area (Å²) in [5.41, 5.74) is -0.613. The molecule has 0 aromatic carbocycles. The van der Waals surface area contributed by atoms with Gasteiger partial charge in [0.1, 0.15) is 17.5 Å². The smallest absolute Gasteiger partial charge is 0.375 e. The number of halogens is 2. The molecular weight excluding hydrogens is 279 g/mol. The molecule has 18 heavy (non-hydrogen) atoms. The zero-order valence-corrected chi connectivity index (χ0v) is 12.3. The molecule has 0 spiro atoms. The number of hydrogen-bond acceptors (Lipinski definition) is 4. The van der Waals surface area contributed by atoms with E-state index < -0.39 is 11.6 Å². The third kappa shape index (κ3) is 3.86. The van der Waals surface area contributed by atoms with E-state index in [0.717, 1.165) is 0 Å². The lowest BCUT2D eigenvalue weighted by molar-refractivity contribution is 0.00325. The number of nitrogens with zero attached hydrogens (tertiary/aromatic N) is 2. The van der Waals surface area contributed by atoms with Gasteiger partial charge in [0.05, 0.1) is 0 Å². The van der Waals surface area contributed by atoms with Crippen molar-refractivity contribution in [3.8, 4) is 0 Å². The van der Waals surface area contributed by atoms with Crippen molar-refractivity contribution < 1.29 is 14.3 Å². The van der Waals surface area contributed by atoms with Crippen molar-refractivity contribution in [3.05, 3.63) is 16.1 Å². The second-order valence-electron chi connectivity index (χ2n) is 4.57. The lowest BCUT2D eigenvalue weighted by Crippen LogP contribution is -2.26. The standard InChI is InChI=1S/C11H16Cl2N2O3/c1-5-17-6-15-8(13)7(12)14-9(15)10(16)18-11(2,3)4/h5-6H2,1-4H3. The largest absolute Gasteiger partial charge is 0.454 e. The van der Waals surface area contributed by atoms with E-state index >= 15 is 0 Å². The van der Waals surface area contributed by atoms with Crippen LogP contribution in [0.5, 0.6) is 0 Å². The van der Waals surface area contributed by atoms with E-state index in [9.17, 15) is 4.79 Å². The average molecular weight is 295 g/mol. The van der Waals surface area contributed by atoms with Crippen molar-refractivity contribution in [3.63, 3.8) is 0 Å². The van der Waals surface area contributed by atoms with Gasteiger partial charge in [0.25, 0.3) is 0 Å². The molecule has 102 valence electrons. The Morgan fingerprint density at radius 2 is 2.00 bits per heavy atom. The highest BCUT2D eigenvalue weighted by Crippen LogP contribution is 2.24. The summed E-state index contributed by atoms with van der Waals surface area (Å²) in [5, 5.41) is 0.211. The maximum Gasteiger partial charge on any atom is 0.375 e. The minimum Gasteiger partial charge on any atom is -0.454 e. The van der Waals surface area contributed by atoms with Gasteiger partial charge >= 0.3 is 5.97 Å². The zero-order valence-electron chi connectivity index (χ0n) is 10.8. The fourth-order valence-corrected chi connectivity index (χ4v) is 1.54. The fourth-order valence-electron chi connectivity index (χ4n) is 1.18. The normalized spacial score (nSPS) is 11.7. The molecule has 0 fully saturated rings. The summed E-state index contributed by atoms with van der Waals surface area (Å²) in [7, 11) is 0. The van der Waals surface area contributed by atoms with Gasteiger partial charge in [-0.1, -0.05) is 23.2 Å². The molecular formula is C11H16Cl2N2O3. The molecule has 0 bridgehead atoms. The molecule has 5 nitrogen and oxygen atoms in total. The van der Waals surface area contributed by atoms with Gasteiger partial charge in [-0.15, -0.1) is 0 Å². The van der Waals surface area contributed by atoms with Crippen LogP contribution in [0.1, 0.15) is 38.3 Å². The Hall–Kier alpha value is -0.780. The Bertz CT molecular complexity index is 438. The number of imidazole rings is 1. The van der Waals surface area contributed by atoms with Gasteiger partial charge in [0, 0.05) is 6.61 Å². The highest BCUT2D eigenvalue weighted by Gasteiger charge is 2.25. The fraction of sp³-hybridized carbons (Fsp3) is 0.636. The van der Waals surface area contributed by atoms with Crippen LogP contribution < -0.4 is 0 Å². The molecule has 0 N–H and O–H groups in total. The maximum absolute atomic E-state index is 11.9. The molecule has 0 unspecified atom stereocenters. The van der Waals surface area contributed by atoms with Crippen molar-refractivity contribution >= 4 is 29.2 Å². The minimum absolute atomic E-state index is 0.0355. The quantitative estimate of drug-likeness (QED) is 0.801. The Morgan fingerprint density at radius 3 is 2.50 bits per heavy atom. The topological polar surface area (TPSA) is 53.4 Å². The van der Waals surface area contributed by atoms with E-state index in [2.05, 4.69) is 4.98 Å². The molecule has 0 amide bonds. The van der Waals surface area contributed by atoms with Crippen molar-refractivity contribution in [2.24, 2.45) is 0 Å². The summed E-state index contributed by atoms with van der Waals surface area (Å²) in [6.07, 6.45) is 0. The van der Waals surface area contributed by atoms with Crippen LogP contribution >= 0.6 is 23.2 Å². The van der Waals surface area contributed by atoms with E-state index in [4.69, 9.17) is 32.7 Å². The number of aromatic nitrogens is 2.